The molecule has 0 atom stereocenters. The Bertz CT molecular complexity index is 747. The second kappa shape index (κ2) is 10.3. The van der Waals surface area contributed by atoms with Crippen LogP contribution in [0.3, 0.4) is 0 Å². The summed E-state index contributed by atoms with van der Waals surface area (Å²) >= 11 is 0.778. The Morgan fingerprint density at radius 1 is 1.21 bits per heavy atom. The predicted octanol–water partition coefficient (Wildman–Crippen LogP) is 4.90. The van der Waals surface area contributed by atoms with Crippen LogP contribution in [-0.4, -0.2) is 16.6 Å². The molecular formula is C21H24HgO2. The van der Waals surface area contributed by atoms with Crippen molar-refractivity contribution < 1.29 is 35.2 Å². The van der Waals surface area contributed by atoms with E-state index < -0.39 is 0 Å². The molecule has 0 N–H and O–H groups in total. The van der Waals surface area contributed by atoms with E-state index in [-0.39, 0.29) is 5.97 Å². The molecular weight excluding hydrogens is 485 g/mol. The molecule has 2 rings (SSSR count). The fraction of sp³-hybridized carbons (Fsp3) is 0.238. The Labute approximate surface area is 160 Å². The van der Waals surface area contributed by atoms with Crippen molar-refractivity contribution in [1.29, 1.82) is 0 Å². The van der Waals surface area contributed by atoms with Crippen molar-refractivity contribution in [3.63, 3.8) is 0 Å². The Morgan fingerprint density at radius 3 is 2.50 bits per heavy atom. The Balaban J connectivity index is 0.00000139. The molecule has 24 heavy (non-hydrogen) atoms. The molecule has 0 fully saturated rings. The molecule has 0 saturated heterocycles. The normalized spacial score (nSPS) is 9.83. The topological polar surface area (TPSA) is 26.3 Å². The molecule has 2 nitrogen and oxygen atoms in total. The minimum absolute atomic E-state index is 0.165. The van der Waals surface area contributed by atoms with Gasteiger partial charge in [0.1, 0.15) is 0 Å². The number of fused-ring (bicyclic) bond motifs is 1. The Kier molecular flexibility index (Phi) is 8.84. The summed E-state index contributed by atoms with van der Waals surface area (Å²) in [6, 6.07) is 8.48. The summed E-state index contributed by atoms with van der Waals surface area (Å²) in [6.45, 7) is 12.1. The Hall–Kier alpha value is -1.54. The summed E-state index contributed by atoms with van der Waals surface area (Å²) in [5, 5.41) is 2.33. The number of hydrogen-bond acceptors (Lipinski definition) is 2. The van der Waals surface area contributed by atoms with Crippen LogP contribution in [0.4, 0.5) is 0 Å². The van der Waals surface area contributed by atoms with Gasteiger partial charge in [-0.3, -0.25) is 4.79 Å². The van der Waals surface area contributed by atoms with Crippen molar-refractivity contribution in [3.05, 3.63) is 59.7 Å². The molecule has 0 radical (unpaired) electrons. The number of esters is 1. The second-order valence-corrected chi connectivity index (χ2v) is 5.30. The van der Waals surface area contributed by atoms with Gasteiger partial charge in [-0.1, -0.05) is 49.1 Å². The fourth-order valence-corrected chi connectivity index (χ4v) is 2.76. The first-order chi connectivity index (χ1) is 11.6. The number of carbonyl (C=O) groups is 1. The summed E-state index contributed by atoms with van der Waals surface area (Å²) in [5.74, 6) is -0.165. The van der Waals surface area contributed by atoms with E-state index >= 15 is 0 Å². The summed E-state index contributed by atoms with van der Waals surface area (Å²) in [6.07, 6.45) is 4.70. The van der Waals surface area contributed by atoms with Crippen molar-refractivity contribution in [2.45, 2.75) is 26.7 Å². The van der Waals surface area contributed by atoms with E-state index in [4.69, 9.17) is 4.74 Å². The molecule has 3 heteroatoms. The number of ether oxygens (including phenoxy) is 1. The van der Waals surface area contributed by atoms with Gasteiger partial charge in [0, 0.05) is 6.42 Å². The minimum atomic E-state index is -0.165. The number of rotatable bonds is 6. The predicted molar refractivity (Wildman–Crippen MR) is 101 cm³/mol. The standard InChI is InChI=1S/C20H22O2.CH2.Hg/c1-5-15-13-16-9-8-14(4)12-19(16)18(17(15)6-2)10-11-20(21)22-7-3;;/h5-6,8-9,12-13H,1-2,7,10-11H2,3-4H3;1H2;. The molecule has 0 aliphatic rings. The fourth-order valence-electron chi connectivity index (χ4n) is 2.76. The van der Waals surface area contributed by atoms with Crippen LogP contribution in [0.5, 0.6) is 0 Å². The average Bonchev–Trinajstić information content (AvgIpc) is 2.60. The van der Waals surface area contributed by atoms with Gasteiger partial charge in [-0.2, -0.15) is 0 Å². The molecule has 0 unspecified atom stereocenters. The van der Waals surface area contributed by atoms with E-state index in [0.717, 1.165) is 47.7 Å². The first-order valence-corrected chi connectivity index (χ1v) is 12.0. The molecule has 122 valence electrons. The van der Waals surface area contributed by atoms with Crippen LogP contribution in [0.15, 0.2) is 37.4 Å². The summed E-state index contributed by atoms with van der Waals surface area (Å²) in [5.41, 5.74) is 4.44. The second-order valence-electron chi connectivity index (χ2n) is 5.30. The van der Waals surface area contributed by atoms with Crippen LogP contribution in [0, 0.1) is 6.92 Å². The van der Waals surface area contributed by atoms with Gasteiger partial charge in [-0.25, -0.2) is 0 Å². The zero-order chi connectivity index (χ0) is 18.1. The third-order valence-corrected chi connectivity index (χ3v) is 3.79. The average molecular weight is 509 g/mol. The molecule has 0 saturated carbocycles. The zero-order valence-corrected chi connectivity index (χ0v) is 20.2. The first-order valence-electron chi connectivity index (χ1n) is 8.07. The van der Waals surface area contributed by atoms with Gasteiger partial charge in [0.15, 0.2) is 0 Å². The molecule has 0 heterocycles. The van der Waals surface area contributed by atoms with E-state index in [1.807, 2.05) is 19.1 Å². The third-order valence-electron chi connectivity index (χ3n) is 3.79. The molecule has 0 bridgehead atoms. The van der Waals surface area contributed by atoms with Crippen LogP contribution >= 0.6 is 0 Å². The van der Waals surface area contributed by atoms with Gasteiger partial charge in [0.25, 0.3) is 0 Å². The quantitative estimate of drug-likeness (QED) is 0.410. The van der Waals surface area contributed by atoms with Crippen molar-refractivity contribution in [1.82, 2.24) is 0 Å². The van der Waals surface area contributed by atoms with Gasteiger partial charge < -0.3 is 4.74 Å². The van der Waals surface area contributed by atoms with Crippen molar-refractivity contribution >= 4 is 32.9 Å². The molecule has 2 aromatic carbocycles. The third kappa shape index (κ3) is 4.97. The molecule has 0 aliphatic carbocycles. The number of aryl methyl sites for hydroxylation is 2. The monoisotopic (exact) mass is 510 g/mol. The van der Waals surface area contributed by atoms with Crippen LogP contribution in [0.1, 0.15) is 35.6 Å². The van der Waals surface area contributed by atoms with E-state index in [1.165, 1.54) is 10.9 Å². The van der Waals surface area contributed by atoms with Gasteiger partial charge >= 0.3 is 35.6 Å². The van der Waals surface area contributed by atoms with Gasteiger partial charge in [0.05, 0.1) is 6.61 Å². The molecule has 0 amide bonds. The van der Waals surface area contributed by atoms with E-state index in [9.17, 15) is 4.79 Å². The van der Waals surface area contributed by atoms with Crippen molar-refractivity contribution in [2.75, 3.05) is 6.61 Å². The van der Waals surface area contributed by atoms with Crippen LogP contribution in [0.2, 0.25) is 0 Å². The summed E-state index contributed by atoms with van der Waals surface area (Å²) in [7, 11) is 0. The maximum atomic E-state index is 11.7. The SMILES string of the molecule is C=Cc1cc2ccc(C)cc2c(CCC(=O)OCC)c1C=C.[CH2]=[Hg]. The van der Waals surface area contributed by atoms with Gasteiger partial charge in [-0.15, -0.1) is 0 Å². The van der Waals surface area contributed by atoms with Crippen molar-refractivity contribution in [3.8, 4) is 0 Å². The van der Waals surface area contributed by atoms with Crippen LogP contribution in [0.25, 0.3) is 22.9 Å². The van der Waals surface area contributed by atoms with Gasteiger partial charge in [-0.05, 0) is 53.8 Å². The van der Waals surface area contributed by atoms with E-state index in [0.29, 0.717) is 19.4 Å². The van der Waals surface area contributed by atoms with Crippen LogP contribution < -0.4 is 0 Å². The molecule has 2 aromatic rings. The molecule has 0 aromatic heterocycles. The van der Waals surface area contributed by atoms with E-state index in [2.05, 4.69) is 48.4 Å². The summed E-state index contributed by atoms with van der Waals surface area (Å²) < 4.78 is 8.49. The first kappa shape index (κ1) is 20.5. The van der Waals surface area contributed by atoms with E-state index in [1.54, 1.807) is 0 Å². The molecule has 0 spiro atoms. The number of benzene rings is 2. The maximum absolute atomic E-state index is 11.7. The summed E-state index contributed by atoms with van der Waals surface area (Å²) in [4.78, 5) is 11.7. The van der Waals surface area contributed by atoms with Crippen LogP contribution in [-0.2, 0) is 41.6 Å². The molecule has 0 aliphatic heterocycles. The Morgan fingerprint density at radius 2 is 1.92 bits per heavy atom. The van der Waals surface area contributed by atoms with Crippen molar-refractivity contribution in [2.24, 2.45) is 0 Å². The number of carbonyl (C=O) groups excluding carboxylic acids is 1. The van der Waals surface area contributed by atoms with Gasteiger partial charge in [0.2, 0.25) is 0 Å². The number of hydrogen-bond donors (Lipinski definition) is 0. The zero-order valence-electron chi connectivity index (χ0n) is 14.7.